The van der Waals surface area contributed by atoms with E-state index in [4.69, 9.17) is 11.6 Å². The molecule has 4 heteroatoms. The molecule has 3 rings (SSSR count). The molecule has 1 fully saturated rings. The standard InChI is InChI=1S/C15H16ClN3/c1-10-7-12(8-10)19-13-4-2-3-11(9-17)15(13)18-14(19)5-6-16/h2-4,10,12H,5-8H2,1H3. The number of imidazole rings is 1. The maximum atomic E-state index is 9.19. The molecule has 19 heavy (non-hydrogen) atoms. The Labute approximate surface area is 117 Å². The molecule has 0 unspecified atom stereocenters. The zero-order valence-corrected chi connectivity index (χ0v) is 11.7. The van der Waals surface area contributed by atoms with Crippen LogP contribution < -0.4 is 0 Å². The maximum absolute atomic E-state index is 9.19. The molecule has 0 N–H and O–H groups in total. The van der Waals surface area contributed by atoms with E-state index in [-0.39, 0.29) is 0 Å². The Balaban J connectivity index is 2.16. The lowest BCUT2D eigenvalue weighted by atomic mass is 9.81. The van der Waals surface area contributed by atoms with Crippen LogP contribution in [-0.4, -0.2) is 15.4 Å². The van der Waals surface area contributed by atoms with Crippen molar-refractivity contribution in [1.82, 2.24) is 9.55 Å². The molecule has 1 heterocycles. The number of aromatic nitrogens is 2. The predicted octanol–water partition coefficient (Wildman–Crippen LogP) is 3.66. The Bertz CT molecular complexity index is 647. The van der Waals surface area contributed by atoms with E-state index in [0.717, 1.165) is 29.2 Å². The first-order valence-corrected chi connectivity index (χ1v) is 7.24. The average Bonchev–Trinajstić information content (AvgIpc) is 2.73. The molecule has 1 aliphatic rings. The third-order valence-corrected chi connectivity index (χ3v) is 4.13. The van der Waals surface area contributed by atoms with Gasteiger partial charge in [0.15, 0.2) is 0 Å². The lowest BCUT2D eigenvalue weighted by Crippen LogP contribution is -2.26. The molecule has 0 saturated heterocycles. The van der Waals surface area contributed by atoms with Crippen molar-refractivity contribution in [3.05, 3.63) is 29.6 Å². The van der Waals surface area contributed by atoms with Crippen LogP contribution in [0.15, 0.2) is 18.2 Å². The summed E-state index contributed by atoms with van der Waals surface area (Å²) in [6.45, 7) is 2.28. The second-order valence-corrected chi connectivity index (χ2v) is 5.73. The predicted molar refractivity (Wildman–Crippen MR) is 76.3 cm³/mol. The quantitative estimate of drug-likeness (QED) is 0.801. The Morgan fingerprint density at radius 1 is 1.47 bits per heavy atom. The van der Waals surface area contributed by atoms with Crippen LogP contribution in [-0.2, 0) is 6.42 Å². The van der Waals surface area contributed by atoms with Crippen molar-refractivity contribution in [2.75, 3.05) is 5.88 Å². The molecule has 0 radical (unpaired) electrons. The van der Waals surface area contributed by atoms with Gasteiger partial charge in [-0.15, -0.1) is 11.6 Å². The number of aryl methyl sites for hydroxylation is 1. The van der Waals surface area contributed by atoms with Crippen molar-refractivity contribution in [2.24, 2.45) is 5.92 Å². The van der Waals surface area contributed by atoms with Gasteiger partial charge in [0.05, 0.1) is 11.1 Å². The van der Waals surface area contributed by atoms with E-state index in [1.807, 2.05) is 12.1 Å². The number of rotatable bonds is 3. The Morgan fingerprint density at radius 2 is 2.26 bits per heavy atom. The lowest BCUT2D eigenvalue weighted by Gasteiger charge is -2.35. The van der Waals surface area contributed by atoms with Crippen LogP contribution in [0.25, 0.3) is 11.0 Å². The first-order chi connectivity index (χ1) is 9.24. The number of fused-ring (bicyclic) bond motifs is 1. The molecule has 0 spiro atoms. The average molecular weight is 274 g/mol. The summed E-state index contributed by atoms with van der Waals surface area (Å²) in [5.41, 5.74) is 2.56. The van der Waals surface area contributed by atoms with Gasteiger partial charge in [0.2, 0.25) is 0 Å². The summed E-state index contributed by atoms with van der Waals surface area (Å²) in [6.07, 6.45) is 3.14. The van der Waals surface area contributed by atoms with Gasteiger partial charge in [-0.2, -0.15) is 5.26 Å². The normalized spacial score (nSPS) is 22.2. The third-order valence-electron chi connectivity index (χ3n) is 3.95. The van der Waals surface area contributed by atoms with Crippen LogP contribution in [0.5, 0.6) is 0 Å². The minimum atomic E-state index is 0.521. The van der Waals surface area contributed by atoms with Crippen LogP contribution in [0.3, 0.4) is 0 Å². The fraction of sp³-hybridized carbons (Fsp3) is 0.467. The summed E-state index contributed by atoms with van der Waals surface area (Å²) >= 11 is 5.89. The number of para-hydroxylation sites is 1. The molecule has 0 bridgehead atoms. The molecule has 98 valence electrons. The summed E-state index contributed by atoms with van der Waals surface area (Å²) in [4.78, 5) is 4.66. The minimum Gasteiger partial charge on any atom is -0.325 e. The highest BCUT2D eigenvalue weighted by Crippen LogP contribution is 2.40. The molecule has 1 aromatic heterocycles. The fourth-order valence-corrected chi connectivity index (χ4v) is 3.16. The van der Waals surface area contributed by atoms with Crippen LogP contribution in [0.1, 0.15) is 37.2 Å². The van der Waals surface area contributed by atoms with E-state index >= 15 is 0 Å². The topological polar surface area (TPSA) is 41.6 Å². The van der Waals surface area contributed by atoms with Crippen LogP contribution in [0.2, 0.25) is 0 Å². The summed E-state index contributed by atoms with van der Waals surface area (Å²) in [7, 11) is 0. The maximum Gasteiger partial charge on any atom is 0.111 e. The molecule has 1 aromatic carbocycles. The highest BCUT2D eigenvalue weighted by Gasteiger charge is 2.30. The Kier molecular flexibility index (Phi) is 3.20. The molecule has 1 saturated carbocycles. The minimum absolute atomic E-state index is 0.521. The highest BCUT2D eigenvalue weighted by molar-refractivity contribution is 6.17. The van der Waals surface area contributed by atoms with Gasteiger partial charge in [-0.3, -0.25) is 0 Å². The van der Waals surface area contributed by atoms with Crippen LogP contribution in [0.4, 0.5) is 0 Å². The van der Waals surface area contributed by atoms with Crippen molar-refractivity contribution in [1.29, 1.82) is 5.26 Å². The van der Waals surface area contributed by atoms with Gasteiger partial charge in [-0.25, -0.2) is 4.98 Å². The molecular weight excluding hydrogens is 258 g/mol. The number of alkyl halides is 1. The molecule has 0 aliphatic heterocycles. The monoisotopic (exact) mass is 273 g/mol. The molecule has 3 nitrogen and oxygen atoms in total. The van der Waals surface area contributed by atoms with Gasteiger partial charge in [0.25, 0.3) is 0 Å². The van der Waals surface area contributed by atoms with Crippen molar-refractivity contribution >= 4 is 22.6 Å². The van der Waals surface area contributed by atoms with Gasteiger partial charge >= 0.3 is 0 Å². The van der Waals surface area contributed by atoms with Gasteiger partial charge in [0, 0.05) is 18.3 Å². The number of hydrogen-bond donors (Lipinski definition) is 0. The molecule has 0 amide bonds. The van der Waals surface area contributed by atoms with Crippen LogP contribution >= 0.6 is 11.6 Å². The smallest absolute Gasteiger partial charge is 0.111 e. The first-order valence-electron chi connectivity index (χ1n) is 6.70. The number of nitriles is 1. The molecular formula is C15H16ClN3. The summed E-state index contributed by atoms with van der Waals surface area (Å²) in [5.74, 6) is 2.36. The SMILES string of the molecule is CC1CC(n2c(CCCl)nc3c(C#N)cccc32)C1. The molecule has 0 atom stereocenters. The van der Waals surface area contributed by atoms with Crippen molar-refractivity contribution in [3.8, 4) is 6.07 Å². The second kappa shape index (κ2) is 4.86. The number of nitrogens with zero attached hydrogens (tertiary/aromatic N) is 3. The third kappa shape index (κ3) is 2.01. The number of benzene rings is 1. The highest BCUT2D eigenvalue weighted by atomic mass is 35.5. The van der Waals surface area contributed by atoms with E-state index in [9.17, 15) is 5.26 Å². The number of hydrogen-bond acceptors (Lipinski definition) is 2. The first kappa shape index (κ1) is 12.5. The van der Waals surface area contributed by atoms with Crippen molar-refractivity contribution in [3.63, 3.8) is 0 Å². The number of halogens is 1. The van der Waals surface area contributed by atoms with Gasteiger partial charge in [-0.1, -0.05) is 13.0 Å². The van der Waals surface area contributed by atoms with E-state index in [0.29, 0.717) is 17.5 Å². The van der Waals surface area contributed by atoms with E-state index in [2.05, 4.69) is 28.6 Å². The van der Waals surface area contributed by atoms with Crippen molar-refractivity contribution < 1.29 is 0 Å². The van der Waals surface area contributed by atoms with Crippen molar-refractivity contribution in [2.45, 2.75) is 32.2 Å². The van der Waals surface area contributed by atoms with Gasteiger partial charge < -0.3 is 4.57 Å². The molecule has 2 aromatic rings. The van der Waals surface area contributed by atoms with Gasteiger partial charge in [0.1, 0.15) is 17.4 Å². The summed E-state index contributed by atoms with van der Waals surface area (Å²) < 4.78 is 2.30. The zero-order valence-electron chi connectivity index (χ0n) is 10.9. The van der Waals surface area contributed by atoms with Crippen LogP contribution in [0, 0.1) is 17.2 Å². The zero-order chi connectivity index (χ0) is 13.4. The molecule has 1 aliphatic carbocycles. The second-order valence-electron chi connectivity index (χ2n) is 5.35. The van der Waals surface area contributed by atoms with Gasteiger partial charge in [-0.05, 0) is 30.9 Å². The van der Waals surface area contributed by atoms with E-state index < -0.39 is 0 Å². The summed E-state index contributed by atoms with van der Waals surface area (Å²) in [5, 5.41) is 9.19. The fourth-order valence-electron chi connectivity index (χ4n) is 2.99. The van der Waals surface area contributed by atoms with E-state index in [1.54, 1.807) is 0 Å². The van der Waals surface area contributed by atoms with E-state index in [1.165, 1.54) is 12.8 Å². The summed E-state index contributed by atoms with van der Waals surface area (Å²) in [6, 6.07) is 8.57. The Hall–Kier alpha value is -1.53. The Morgan fingerprint density at radius 3 is 2.89 bits per heavy atom. The largest absolute Gasteiger partial charge is 0.325 e. The lowest BCUT2D eigenvalue weighted by molar-refractivity contribution is 0.217.